The van der Waals surface area contributed by atoms with Crippen LogP contribution in [0, 0.1) is 0 Å². The molecule has 0 aromatic heterocycles. The summed E-state index contributed by atoms with van der Waals surface area (Å²) >= 11 is 0. The number of carbonyl (C=O) groups is 1. The lowest BCUT2D eigenvalue weighted by atomic mass is 9.91. The van der Waals surface area contributed by atoms with E-state index in [1.54, 1.807) is 12.1 Å². The summed E-state index contributed by atoms with van der Waals surface area (Å²) in [6, 6.07) is 17.2. The fourth-order valence-electron chi connectivity index (χ4n) is 3.01. The number of fused-ring (bicyclic) bond motifs is 2. The van der Waals surface area contributed by atoms with Gasteiger partial charge in [-0.25, -0.2) is 0 Å². The number of carbonyl (C=O) groups excluding carboxylic acids is 1. The lowest BCUT2D eigenvalue weighted by Crippen LogP contribution is -2.12. The van der Waals surface area contributed by atoms with Gasteiger partial charge in [-0.05, 0) is 45.7 Å². The van der Waals surface area contributed by atoms with Gasteiger partial charge in [0.15, 0.2) is 0 Å². The van der Waals surface area contributed by atoms with E-state index in [9.17, 15) is 9.90 Å². The molecule has 0 radical (unpaired) electrons. The Morgan fingerprint density at radius 3 is 2.62 bits per heavy atom. The molecule has 1 aliphatic rings. The molecule has 1 heterocycles. The van der Waals surface area contributed by atoms with Gasteiger partial charge in [-0.1, -0.05) is 36.4 Å². The number of phenols is 1. The number of benzene rings is 3. The molecule has 0 fully saturated rings. The van der Waals surface area contributed by atoms with Crippen molar-refractivity contribution < 1.29 is 9.90 Å². The molecule has 1 amide bonds. The van der Waals surface area contributed by atoms with Gasteiger partial charge in [0, 0.05) is 12.1 Å². The second-order valence-corrected chi connectivity index (χ2v) is 5.23. The molecule has 21 heavy (non-hydrogen) atoms. The Kier molecular flexibility index (Phi) is 2.48. The van der Waals surface area contributed by atoms with Crippen LogP contribution in [0.5, 0.6) is 5.75 Å². The summed E-state index contributed by atoms with van der Waals surface area (Å²) < 4.78 is 0. The third-order valence-electron chi connectivity index (χ3n) is 3.97. The molecule has 102 valence electrons. The van der Waals surface area contributed by atoms with E-state index in [0.717, 1.165) is 33.0 Å². The van der Waals surface area contributed by atoms with Crippen molar-refractivity contribution in [3.05, 3.63) is 65.7 Å². The van der Waals surface area contributed by atoms with Crippen molar-refractivity contribution in [1.29, 1.82) is 0 Å². The Hall–Kier alpha value is -2.81. The Morgan fingerprint density at radius 2 is 1.81 bits per heavy atom. The Morgan fingerprint density at radius 1 is 1.00 bits per heavy atom. The first-order valence-corrected chi connectivity index (χ1v) is 6.86. The smallest absolute Gasteiger partial charge is 0.251 e. The van der Waals surface area contributed by atoms with Crippen molar-refractivity contribution in [3.63, 3.8) is 0 Å². The first kappa shape index (κ1) is 12.0. The van der Waals surface area contributed by atoms with E-state index in [1.807, 2.05) is 42.5 Å². The minimum Gasteiger partial charge on any atom is -0.508 e. The van der Waals surface area contributed by atoms with Crippen molar-refractivity contribution in [3.8, 4) is 16.9 Å². The van der Waals surface area contributed by atoms with E-state index < -0.39 is 0 Å². The number of amides is 1. The minimum atomic E-state index is -0.0304. The van der Waals surface area contributed by atoms with Gasteiger partial charge < -0.3 is 10.4 Å². The average Bonchev–Trinajstić information content (AvgIpc) is 2.87. The third-order valence-corrected chi connectivity index (χ3v) is 3.97. The molecule has 0 atom stereocenters. The zero-order valence-corrected chi connectivity index (χ0v) is 11.3. The van der Waals surface area contributed by atoms with E-state index in [-0.39, 0.29) is 11.7 Å². The molecule has 0 aliphatic carbocycles. The molecule has 3 aromatic rings. The highest BCUT2D eigenvalue weighted by Crippen LogP contribution is 2.37. The zero-order valence-electron chi connectivity index (χ0n) is 11.3. The number of phenolic OH excluding ortho intramolecular Hbond substituents is 1. The van der Waals surface area contributed by atoms with Gasteiger partial charge in [0.2, 0.25) is 0 Å². The van der Waals surface area contributed by atoms with Crippen LogP contribution in [-0.4, -0.2) is 11.0 Å². The van der Waals surface area contributed by atoms with E-state index in [4.69, 9.17) is 0 Å². The molecule has 0 saturated heterocycles. The van der Waals surface area contributed by atoms with Gasteiger partial charge in [0.1, 0.15) is 5.75 Å². The van der Waals surface area contributed by atoms with Crippen LogP contribution >= 0.6 is 0 Å². The molecule has 3 nitrogen and oxygen atoms in total. The maximum atomic E-state index is 12.0. The highest BCUT2D eigenvalue weighted by atomic mass is 16.3. The standard InChI is InChI=1S/C18H13NO2/c20-13-7-6-12-8-15-16(10-19-18(15)21)17(14(12)9-13)11-4-2-1-3-5-11/h1-9,20H,10H2,(H,19,21). The minimum absolute atomic E-state index is 0.0304. The highest BCUT2D eigenvalue weighted by Gasteiger charge is 2.24. The van der Waals surface area contributed by atoms with Crippen LogP contribution in [0.15, 0.2) is 54.6 Å². The molecular formula is C18H13NO2. The van der Waals surface area contributed by atoms with Crippen molar-refractivity contribution in [2.24, 2.45) is 0 Å². The van der Waals surface area contributed by atoms with Gasteiger partial charge >= 0.3 is 0 Å². The van der Waals surface area contributed by atoms with E-state index in [2.05, 4.69) is 5.32 Å². The van der Waals surface area contributed by atoms with Crippen LogP contribution in [0.1, 0.15) is 15.9 Å². The third kappa shape index (κ3) is 1.78. The predicted octanol–water partition coefficient (Wildman–Crippen LogP) is 3.46. The van der Waals surface area contributed by atoms with Gasteiger partial charge in [-0.3, -0.25) is 4.79 Å². The number of rotatable bonds is 1. The number of nitrogens with one attached hydrogen (secondary N) is 1. The monoisotopic (exact) mass is 275 g/mol. The summed E-state index contributed by atoms with van der Waals surface area (Å²) in [5, 5.41) is 14.6. The largest absolute Gasteiger partial charge is 0.508 e. The lowest BCUT2D eigenvalue weighted by Gasteiger charge is -2.12. The predicted molar refractivity (Wildman–Crippen MR) is 82.2 cm³/mol. The number of hydrogen-bond donors (Lipinski definition) is 2. The Balaban J connectivity index is 2.16. The first-order valence-electron chi connectivity index (χ1n) is 6.86. The summed E-state index contributed by atoms with van der Waals surface area (Å²) in [7, 11) is 0. The molecule has 3 aromatic carbocycles. The quantitative estimate of drug-likeness (QED) is 0.714. The molecule has 0 bridgehead atoms. The maximum Gasteiger partial charge on any atom is 0.251 e. The van der Waals surface area contributed by atoms with Crippen LogP contribution in [0.4, 0.5) is 0 Å². The second-order valence-electron chi connectivity index (χ2n) is 5.23. The van der Waals surface area contributed by atoms with Crippen LogP contribution in [0.3, 0.4) is 0 Å². The second kappa shape index (κ2) is 4.35. The van der Waals surface area contributed by atoms with E-state index in [0.29, 0.717) is 6.54 Å². The van der Waals surface area contributed by atoms with Crippen LogP contribution < -0.4 is 5.32 Å². The summed E-state index contributed by atoms with van der Waals surface area (Å²) in [5.41, 5.74) is 3.81. The van der Waals surface area contributed by atoms with Gasteiger partial charge in [-0.15, -0.1) is 0 Å². The summed E-state index contributed by atoms with van der Waals surface area (Å²) in [6.45, 7) is 0.532. The van der Waals surface area contributed by atoms with E-state index in [1.165, 1.54) is 0 Å². The number of hydrogen-bond acceptors (Lipinski definition) is 2. The fourth-order valence-corrected chi connectivity index (χ4v) is 3.01. The highest BCUT2D eigenvalue weighted by molar-refractivity contribution is 6.09. The average molecular weight is 275 g/mol. The first-order chi connectivity index (χ1) is 10.2. The fraction of sp³-hybridized carbons (Fsp3) is 0.0556. The van der Waals surface area contributed by atoms with Crippen LogP contribution in [0.25, 0.3) is 21.9 Å². The van der Waals surface area contributed by atoms with E-state index >= 15 is 0 Å². The summed E-state index contributed by atoms with van der Waals surface area (Å²) in [5.74, 6) is 0.203. The Bertz CT molecular complexity index is 869. The normalized spacial score (nSPS) is 13.2. The molecule has 3 heteroatoms. The molecular weight excluding hydrogens is 262 g/mol. The van der Waals surface area contributed by atoms with Crippen molar-refractivity contribution >= 4 is 16.7 Å². The lowest BCUT2D eigenvalue weighted by molar-refractivity contribution is 0.0966. The SMILES string of the molecule is O=C1NCc2c1cc1ccc(O)cc1c2-c1ccccc1. The molecule has 1 aliphatic heterocycles. The zero-order chi connectivity index (χ0) is 14.4. The van der Waals surface area contributed by atoms with Gasteiger partial charge in [0.05, 0.1) is 0 Å². The van der Waals surface area contributed by atoms with Crippen molar-refractivity contribution in [2.45, 2.75) is 6.54 Å². The van der Waals surface area contributed by atoms with Crippen LogP contribution in [-0.2, 0) is 6.54 Å². The Labute approximate surface area is 121 Å². The number of aromatic hydroxyl groups is 1. The molecule has 4 rings (SSSR count). The van der Waals surface area contributed by atoms with Crippen molar-refractivity contribution in [1.82, 2.24) is 5.32 Å². The van der Waals surface area contributed by atoms with Crippen molar-refractivity contribution in [2.75, 3.05) is 0 Å². The maximum absolute atomic E-state index is 12.0. The molecule has 0 saturated carbocycles. The topological polar surface area (TPSA) is 49.3 Å². The van der Waals surface area contributed by atoms with Crippen LogP contribution in [0.2, 0.25) is 0 Å². The summed E-state index contributed by atoms with van der Waals surface area (Å²) in [4.78, 5) is 12.0. The molecule has 0 spiro atoms. The van der Waals surface area contributed by atoms with Gasteiger partial charge in [0.25, 0.3) is 5.91 Å². The summed E-state index contributed by atoms with van der Waals surface area (Å²) in [6.07, 6.45) is 0. The van der Waals surface area contributed by atoms with Gasteiger partial charge in [-0.2, -0.15) is 0 Å². The molecule has 2 N–H and O–H groups in total. The molecule has 0 unspecified atom stereocenters.